The van der Waals surface area contributed by atoms with E-state index >= 15 is 0 Å². The maximum absolute atomic E-state index is 8.51. The molecule has 15 nitrogen and oxygen atoms in total. The number of azide groups is 3. The van der Waals surface area contributed by atoms with Gasteiger partial charge in [0.1, 0.15) is 12.3 Å². The number of nitrogens with zero attached hydrogens (tertiary/aromatic N) is 15. The smallest absolute Gasteiger partial charge is 0.0906 e. The minimum Gasteiger partial charge on any atom is -0.0906 e. The van der Waals surface area contributed by atoms with Gasteiger partial charge in [-0.2, -0.15) is 0 Å². The third-order valence-electron chi connectivity index (χ3n) is 2.47. The molecule has 0 heterocycles. The fraction of sp³-hybridized carbons (Fsp3) is 1.00. The summed E-state index contributed by atoms with van der Waals surface area (Å²) >= 11 is 0. The summed E-state index contributed by atoms with van der Waals surface area (Å²) in [6, 6.07) is -0.513. The molecular weight excluding hydrogens is 294 g/mol. The molecular formula is C7H11N15. The second-order valence-electron chi connectivity index (χ2n) is 3.79. The molecule has 0 aromatic rings. The molecule has 0 saturated heterocycles. The standard InChI is InChI=1S/C7H11N15/c8-18-13-5(1-3-6(14-19-9)15-20-10)2-4-7(16-21-11)17-22-12/h5-7H,1-4H2. The first kappa shape index (κ1) is 18.6. The Bertz CT molecular complexity index is 497. The van der Waals surface area contributed by atoms with Gasteiger partial charge in [-0.05, 0) is 53.3 Å². The lowest BCUT2D eigenvalue weighted by atomic mass is 10.0. The van der Waals surface area contributed by atoms with Crippen LogP contribution in [-0.2, 0) is 0 Å². The van der Waals surface area contributed by atoms with Gasteiger partial charge in [-0.1, -0.05) is 25.6 Å². The Morgan fingerprint density at radius 2 is 0.818 bits per heavy atom. The van der Waals surface area contributed by atoms with E-state index in [9.17, 15) is 0 Å². The van der Waals surface area contributed by atoms with E-state index in [4.69, 9.17) is 27.7 Å². The van der Waals surface area contributed by atoms with E-state index in [0.717, 1.165) is 0 Å². The normalized spacial score (nSPS) is 12.7. The van der Waals surface area contributed by atoms with Crippen LogP contribution in [0, 0.1) is 0 Å². The van der Waals surface area contributed by atoms with Crippen molar-refractivity contribution in [2.45, 2.75) is 44.1 Å². The van der Waals surface area contributed by atoms with Crippen molar-refractivity contribution in [3.8, 4) is 0 Å². The molecule has 15 heteroatoms. The first-order valence-electron chi connectivity index (χ1n) is 5.92. The van der Waals surface area contributed by atoms with Crippen molar-refractivity contribution in [3.63, 3.8) is 0 Å². The molecule has 0 radical (unpaired) electrons. The Morgan fingerprint density at radius 3 is 1.09 bits per heavy atom. The first-order chi connectivity index (χ1) is 10.7. The molecule has 0 unspecified atom stereocenters. The summed E-state index contributed by atoms with van der Waals surface area (Å²) in [5.74, 6) is 0. The lowest BCUT2D eigenvalue weighted by Crippen LogP contribution is -2.11. The van der Waals surface area contributed by atoms with Crippen LogP contribution in [0.15, 0.2) is 25.6 Å². The van der Waals surface area contributed by atoms with E-state index in [1.165, 1.54) is 0 Å². The van der Waals surface area contributed by atoms with Crippen molar-refractivity contribution in [1.82, 2.24) is 0 Å². The van der Waals surface area contributed by atoms with Gasteiger partial charge in [-0.3, -0.25) is 0 Å². The van der Waals surface area contributed by atoms with Gasteiger partial charge in [-0.25, -0.2) is 0 Å². The van der Waals surface area contributed by atoms with Crippen molar-refractivity contribution >= 4 is 0 Å². The summed E-state index contributed by atoms with van der Waals surface area (Å²) in [5.41, 5.74) is 41.8. The highest BCUT2D eigenvalue weighted by Crippen LogP contribution is 2.17. The van der Waals surface area contributed by atoms with Crippen LogP contribution in [0.2, 0.25) is 0 Å². The third kappa shape index (κ3) is 8.62. The minimum absolute atomic E-state index is 0.186. The van der Waals surface area contributed by atoms with Crippen LogP contribution in [-0.4, -0.2) is 18.4 Å². The SMILES string of the molecule is [N-]=[N+]=NC(CCC(N=[N+]=[N-])N=[N+]=[N-])CCC(N=[N+]=[N-])N=[N+]=[N-]. The van der Waals surface area contributed by atoms with E-state index in [0.29, 0.717) is 0 Å². The Kier molecular flexibility index (Phi) is 10.6. The fourth-order valence-electron chi connectivity index (χ4n) is 1.53. The summed E-state index contributed by atoms with van der Waals surface area (Å²) in [4.78, 5) is 12.9. The molecule has 0 saturated carbocycles. The lowest BCUT2D eigenvalue weighted by Gasteiger charge is -2.13. The summed E-state index contributed by atoms with van der Waals surface area (Å²) in [6.45, 7) is 0. The number of hydrogen-bond donors (Lipinski definition) is 0. The van der Waals surface area contributed by atoms with Gasteiger partial charge in [0.25, 0.3) is 0 Å². The van der Waals surface area contributed by atoms with Gasteiger partial charge >= 0.3 is 0 Å². The van der Waals surface area contributed by atoms with Gasteiger partial charge in [0.15, 0.2) is 0 Å². The van der Waals surface area contributed by atoms with Crippen molar-refractivity contribution in [2.24, 2.45) is 25.6 Å². The Labute approximate surface area is 123 Å². The summed E-state index contributed by atoms with van der Waals surface area (Å²) in [5, 5.41) is 16.7. The molecule has 0 bridgehead atoms. The van der Waals surface area contributed by atoms with Crippen LogP contribution in [0.4, 0.5) is 0 Å². The van der Waals surface area contributed by atoms with Gasteiger partial charge in [0.2, 0.25) is 0 Å². The number of rotatable bonds is 11. The molecule has 0 aliphatic heterocycles. The lowest BCUT2D eigenvalue weighted by molar-refractivity contribution is 0.467. The van der Waals surface area contributed by atoms with E-state index in [2.05, 4.69) is 50.1 Å². The fourth-order valence-corrected chi connectivity index (χ4v) is 1.53. The molecule has 0 aromatic heterocycles. The monoisotopic (exact) mass is 305 g/mol. The van der Waals surface area contributed by atoms with Crippen molar-refractivity contribution < 1.29 is 0 Å². The third-order valence-corrected chi connectivity index (χ3v) is 2.47. The molecule has 0 fully saturated rings. The molecule has 22 heavy (non-hydrogen) atoms. The zero-order valence-electron chi connectivity index (χ0n) is 11.3. The molecule has 0 rings (SSSR count). The molecule has 0 spiro atoms. The van der Waals surface area contributed by atoms with E-state index in [-0.39, 0.29) is 25.7 Å². The Morgan fingerprint density at radius 1 is 0.500 bits per heavy atom. The Balaban J connectivity index is 4.68. The minimum atomic E-state index is -0.920. The quantitative estimate of drug-likeness (QED) is 0.273. The van der Waals surface area contributed by atoms with E-state index < -0.39 is 18.4 Å². The molecule has 114 valence electrons. The van der Waals surface area contributed by atoms with Gasteiger partial charge < -0.3 is 0 Å². The van der Waals surface area contributed by atoms with Crippen LogP contribution in [0.3, 0.4) is 0 Å². The average Bonchev–Trinajstić information content (AvgIpc) is 2.50. The molecule has 0 aliphatic carbocycles. The zero-order valence-corrected chi connectivity index (χ0v) is 11.3. The first-order valence-corrected chi connectivity index (χ1v) is 5.92. The molecule has 0 atom stereocenters. The molecule has 0 N–H and O–H groups in total. The maximum Gasteiger partial charge on any atom is 0.116 e. The van der Waals surface area contributed by atoms with Gasteiger partial charge in [0.05, 0.1) is 0 Å². The van der Waals surface area contributed by atoms with Crippen molar-refractivity contribution in [2.75, 3.05) is 0 Å². The molecule has 0 aliphatic rings. The van der Waals surface area contributed by atoms with Crippen LogP contribution < -0.4 is 0 Å². The molecule has 0 aromatic carbocycles. The highest BCUT2D eigenvalue weighted by atomic mass is 15.3. The highest BCUT2D eigenvalue weighted by Gasteiger charge is 2.13. The van der Waals surface area contributed by atoms with Crippen LogP contribution in [0.25, 0.3) is 52.2 Å². The van der Waals surface area contributed by atoms with Crippen molar-refractivity contribution in [1.29, 1.82) is 0 Å². The zero-order chi connectivity index (χ0) is 16.6. The van der Waals surface area contributed by atoms with Gasteiger partial charge in [0, 0.05) is 30.6 Å². The van der Waals surface area contributed by atoms with Crippen LogP contribution in [0.1, 0.15) is 25.7 Å². The van der Waals surface area contributed by atoms with E-state index in [1.807, 2.05) is 0 Å². The maximum atomic E-state index is 8.51. The molecule has 0 amide bonds. The van der Waals surface area contributed by atoms with E-state index in [1.54, 1.807) is 0 Å². The average molecular weight is 305 g/mol. The second kappa shape index (κ2) is 12.6. The Hall–Kier alpha value is -3.45. The summed E-state index contributed by atoms with van der Waals surface area (Å²) < 4.78 is 0. The summed E-state index contributed by atoms with van der Waals surface area (Å²) in [6.07, 6.45) is -0.900. The van der Waals surface area contributed by atoms with Gasteiger partial charge in [-0.15, -0.1) is 0 Å². The second-order valence-corrected chi connectivity index (χ2v) is 3.79. The van der Waals surface area contributed by atoms with Crippen LogP contribution in [0.5, 0.6) is 0 Å². The summed E-state index contributed by atoms with van der Waals surface area (Å²) in [7, 11) is 0. The predicted octanol–water partition coefficient (Wildman–Crippen LogP) is 5.12. The topological polar surface area (TPSA) is 244 Å². The predicted molar refractivity (Wildman–Crippen MR) is 75.6 cm³/mol. The van der Waals surface area contributed by atoms with Crippen LogP contribution >= 0.6 is 0 Å². The van der Waals surface area contributed by atoms with Crippen molar-refractivity contribution in [3.05, 3.63) is 52.2 Å². The largest absolute Gasteiger partial charge is 0.116 e. The number of hydrogen-bond acceptors (Lipinski definition) is 5. The highest BCUT2D eigenvalue weighted by molar-refractivity contribution is 4.76.